The molecular weight excluding hydrogens is 658 g/mol. The van der Waals surface area contributed by atoms with Crippen LogP contribution in [0.25, 0.3) is 21.8 Å². The molecule has 3 aromatic rings. The Morgan fingerprint density at radius 3 is 2.21 bits per heavy atom. The third kappa shape index (κ3) is 2.65. The van der Waals surface area contributed by atoms with E-state index in [-0.39, 0.29) is 0 Å². The molecule has 118 valence electrons. The van der Waals surface area contributed by atoms with Crippen molar-refractivity contribution in [3.63, 3.8) is 0 Å². The van der Waals surface area contributed by atoms with Gasteiger partial charge in [0.1, 0.15) is 0 Å². The number of aromatic nitrogens is 1. The minimum absolute atomic E-state index is 1.01. The number of hydrogen-bond acceptors (Lipinski definition) is 2. The Kier molecular flexibility index (Phi) is 4.55. The average Bonchev–Trinajstić information content (AvgIpc) is 3.13. The van der Waals surface area contributed by atoms with Gasteiger partial charge in [-0.15, -0.1) is 0 Å². The third-order valence-electron chi connectivity index (χ3n) is 3.98. The number of nitrogens with one attached hydrogen (secondary N) is 1. The van der Waals surface area contributed by atoms with Crippen molar-refractivity contribution < 1.29 is 38.7 Å². The summed E-state index contributed by atoms with van der Waals surface area (Å²) in [5, 5.41) is 2.62. The number of aliphatic imine (C=N–C) groups is 1. The molecule has 1 aliphatic heterocycles. The Bertz CT molecular complexity index is 1010. The number of nitrogens with zero attached hydrogens (tertiary/aromatic N) is 2. The van der Waals surface area contributed by atoms with Gasteiger partial charge in [0.15, 0.2) is 0 Å². The molecule has 0 bridgehead atoms. The van der Waals surface area contributed by atoms with Crippen LogP contribution in [0.3, 0.4) is 0 Å². The summed E-state index contributed by atoms with van der Waals surface area (Å²) in [6.45, 7) is 0. The Labute approximate surface area is 166 Å². The van der Waals surface area contributed by atoms with Crippen LogP contribution in [0.1, 0.15) is 0 Å². The Morgan fingerprint density at radius 2 is 1.67 bits per heavy atom. The first-order chi connectivity index (χ1) is 11.7. The van der Waals surface area contributed by atoms with E-state index in [2.05, 4.69) is 68.9 Å². The van der Waals surface area contributed by atoms with Crippen LogP contribution in [0.15, 0.2) is 64.5 Å². The van der Waals surface area contributed by atoms with Crippen molar-refractivity contribution >= 4 is 47.5 Å². The maximum atomic E-state index is 4.31. The number of para-hydroxylation sites is 2. The summed E-state index contributed by atoms with van der Waals surface area (Å²) in [4.78, 5) is 5.58. The molecular formula is C18H13N3SW2. The first-order valence-electron chi connectivity index (χ1n) is 7.39. The summed E-state index contributed by atoms with van der Waals surface area (Å²) in [6, 6.07) is 17.3. The maximum absolute atomic E-state index is 4.31. The zero-order chi connectivity index (χ0) is 16.7. The van der Waals surface area contributed by atoms with E-state index in [0.29, 0.717) is 0 Å². The van der Waals surface area contributed by atoms with E-state index in [1.807, 2.05) is 7.05 Å². The molecule has 3 nitrogen and oxygen atoms in total. The van der Waals surface area contributed by atoms with Crippen LogP contribution in [-0.4, -0.2) is 25.4 Å². The predicted molar refractivity (Wildman–Crippen MR) is 97.0 cm³/mol. The van der Waals surface area contributed by atoms with Gasteiger partial charge in [-0.1, -0.05) is 0 Å². The predicted octanol–water partition coefficient (Wildman–Crippen LogP) is 3.20. The second-order valence-electron chi connectivity index (χ2n) is 5.32. The molecule has 1 aromatic heterocycles. The molecule has 1 aliphatic rings. The molecule has 0 atom stereocenters. The number of hydrogen-bond donors (Lipinski definition) is 1. The van der Waals surface area contributed by atoms with Gasteiger partial charge in [0.25, 0.3) is 0 Å². The van der Waals surface area contributed by atoms with Gasteiger partial charge in [0.05, 0.1) is 0 Å². The fourth-order valence-corrected chi connectivity index (χ4v) is 6.51. The first-order valence-corrected chi connectivity index (χ1v) is 11.1. The van der Waals surface area contributed by atoms with Crippen molar-refractivity contribution in [2.75, 3.05) is 7.05 Å². The topological polar surface area (TPSA) is 29.3 Å². The molecule has 0 amide bonds. The van der Waals surface area contributed by atoms with Gasteiger partial charge >= 0.3 is 167 Å². The van der Waals surface area contributed by atoms with Gasteiger partial charge in [-0.3, -0.25) is 0 Å². The zero-order valence-corrected chi connectivity index (χ0v) is 19.5. The fourth-order valence-electron chi connectivity index (χ4n) is 2.89. The average molecular weight is 671 g/mol. The molecule has 0 radical (unpaired) electrons. The number of rotatable bonds is 2. The van der Waals surface area contributed by atoms with Gasteiger partial charge in [-0.05, 0) is 0 Å². The molecule has 1 fully saturated rings. The third-order valence-corrected chi connectivity index (χ3v) is 7.89. The molecule has 24 heavy (non-hydrogen) atoms. The SMILES string of the molecule is CN=C1NS/C(=C/[C](=[W])n2c3ccccc3c3ccccc32)[C]1=[W]. The van der Waals surface area contributed by atoms with Crippen LogP contribution in [0.4, 0.5) is 0 Å². The van der Waals surface area contributed by atoms with Crippen molar-refractivity contribution in [3.05, 3.63) is 59.5 Å². The fraction of sp³-hybridized carbons (Fsp3) is 0.0556. The normalized spacial score (nSPS) is 18.0. The summed E-state index contributed by atoms with van der Waals surface area (Å²) in [5.41, 5.74) is 2.54. The van der Waals surface area contributed by atoms with E-state index < -0.39 is 0 Å². The van der Waals surface area contributed by atoms with E-state index in [9.17, 15) is 0 Å². The summed E-state index contributed by atoms with van der Waals surface area (Å²) in [6.07, 6.45) is 2.30. The van der Waals surface area contributed by atoms with Gasteiger partial charge in [-0.2, -0.15) is 0 Å². The molecule has 2 heterocycles. The summed E-state index contributed by atoms with van der Waals surface area (Å²) < 4.78 is 8.28. The summed E-state index contributed by atoms with van der Waals surface area (Å²) in [7, 11) is 1.84. The molecule has 0 spiro atoms. The van der Waals surface area contributed by atoms with E-state index in [4.69, 9.17) is 0 Å². The summed E-state index contributed by atoms with van der Waals surface area (Å²) >= 11 is 4.56. The Balaban J connectivity index is 1.90. The monoisotopic (exact) mass is 671 g/mol. The standard InChI is InChI=1S/C18H13N3S.2W/c1-19-18-12-13(22-20-18)10-11-21-16-8-4-2-6-14(16)15-7-3-5-9-17(15)21;;/h2-10H,1H3,(H,19,20);;/b13-10+;;. The van der Waals surface area contributed by atoms with Crippen LogP contribution in [0, 0.1) is 0 Å². The quantitative estimate of drug-likeness (QED) is 0.425. The van der Waals surface area contributed by atoms with E-state index >= 15 is 0 Å². The van der Waals surface area contributed by atoms with Crippen molar-refractivity contribution in [3.8, 4) is 0 Å². The summed E-state index contributed by atoms with van der Waals surface area (Å²) in [5.74, 6) is 1.01. The van der Waals surface area contributed by atoms with Gasteiger partial charge in [0, 0.05) is 0 Å². The van der Waals surface area contributed by atoms with Crippen molar-refractivity contribution in [1.82, 2.24) is 9.29 Å². The number of allylic oxidation sites excluding steroid dienone is 1. The molecule has 1 saturated heterocycles. The molecule has 0 aliphatic carbocycles. The first kappa shape index (κ1) is 16.4. The molecule has 0 unspecified atom stereocenters. The van der Waals surface area contributed by atoms with Crippen LogP contribution < -0.4 is 4.72 Å². The minimum atomic E-state index is 1.01. The number of benzene rings is 2. The molecule has 0 saturated carbocycles. The second kappa shape index (κ2) is 6.67. The van der Waals surface area contributed by atoms with Gasteiger partial charge in [-0.25, -0.2) is 0 Å². The molecule has 2 aromatic carbocycles. The number of amidine groups is 1. The van der Waals surface area contributed by atoms with Crippen LogP contribution >= 0.6 is 11.9 Å². The zero-order valence-electron chi connectivity index (χ0n) is 12.8. The van der Waals surface area contributed by atoms with Crippen LogP contribution in [-0.2, 0) is 38.7 Å². The van der Waals surface area contributed by atoms with E-state index in [1.165, 1.54) is 73.3 Å². The Morgan fingerprint density at radius 1 is 1.08 bits per heavy atom. The van der Waals surface area contributed by atoms with E-state index in [1.54, 1.807) is 11.9 Å². The molecule has 1 N–H and O–H groups in total. The van der Waals surface area contributed by atoms with E-state index in [0.717, 1.165) is 5.84 Å². The van der Waals surface area contributed by atoms with Gasteiger partial charge < -0.3 is 0 Å². The Hall–Kier alpha value is -1.08. The van der Waals surface area contributed by atoms with Gasteiger partial charge in [0.2, 0.25) is 0 Å². The van der Waals surface area contributed by atoms with Crippen LogP contribution in [0.2, 0.25) is 0 Å². The molecule has 6 heteroatoms. The van der Waals surface area contributed by atoms with Crippen molar-refractivity contribution in [2.24, 2.45) is 4.99 Å². The van der Waals surface area contributed by atoms with Crippen LogP contribution in [0.5, 0.6) is 0 Å². The number of fused-ring (bicyclic) bond motifs is 3. The van der Waals surface area contributed by atoms with Crippen molar-refractivity contribution in [2.45, 2.75) is 0 Å². The molecule has 4 rings (SSSR count). The second-order valence-corrected chi connectivity index (χ2v) is 9.14. The van der Waals surface area contributed by atoms with Crippen molar-refractivity contribution in [1.29, 1.82) is 0 Å².